The monoisotopic (exact) mass is 524 g/mol. The Balaban J connectivity index is 1.58. The number of carbonyl (C=O) groups excluding carboxylic acids is 1. The lowest BCUT2D eigenvalue weighted by molar-refractivity contribution is -0.127. The summed E-state index contributed by atoms with van der Waals surface area (Å²) < 4.78 is 45.6. The van der Waals surface area contributed by atoms with Crippen LogP contribution in [0.4, 0.5) is 5.69 Å². The molecule has 0 aromatic heterocycles. The molecule has 3 aromatic carbocycles. The second-order valence-corrected chi connectivity index (χ2v) is 11.6. The van der Waals surface area contributed by atoms with Gasteiger partial charge in [-0.1, -0.05) is 45.0 Å². The number of nitrogens with one attached hydrogen (secondary N) is 1. The summed E-state index contributed by atoms with van der Waals surface area (Å²) in [4.78, 5) is 13.1. The van der Waals surface area contributed by atoms with Crippen molar-refractivity contribution in [2.24, 2.45) is 0 Å². The fourth-order valence-electron chi connectivity index (χ4n) is 3.93. The lowest BCUT2D eigenvalue weighted by Crippen LogP contribution is -2.51. The number of ether oxygens (including phenoxy) is 3. The molecule has 1 atom stereocenters. The van der Waals surface area contributed by atoms with Gasteiger partial charge in [0.1, 0.15) is 23.9 Å². The number of rotatable bonds is 8. The van der Waals surface area contributed by atoms with Crippen LogP contribution in [0.3, 0.4) is 0 Å². The SMILES string of the molecule is COc1ccc(S(=O)(=O)N2C[C@@H](C(=O)NCCOc3ccccc3)Oc3ccc(C(C)(C)C)cc32)cc1. The largest absolute Gasteiger partial charge is 0.497 e. The van der Waals surface area contributed by atoms with Gasteiger partial charge < -0.3 is 19.5 Å². The summed E-state index contributed by atoms with van der Waals surface area (Å²) in [6, 6.07) is 20.9. The van der Waals surface area contributed by atoms with E-state index in [9.17, 15) is 13.2 Å². The first-order valence-corrected chi connectivity index (χ1v) is 13.5. The molecule has 1 aliphatic heterocycles. The topological polar surface area (TPSA) is 94.2 Å². The van der Waals surface area contributed by atoms with Gasteiger partial charge >= 0.3 is 0 Å². The van der Waals surface area contributed by atoms with Crippen LogP contribution in [0, 0.1) is 0 Å². The molecule has 1 aliphatic rings. The molecular weight excluding hydrogens is 492 g/mol. The van der Waals surface area contributed by atoms with Crippen molar-refractivity contribution in [2.45, 2.75) is 37.2 Å². The van der Waals surface area contributed by atoms with Crippen LogP contribution in [0.2, 0.25) is 0 Å². The van der Waals surface area contributed by atoms with Gasteiger partial charge in [0.05, 0.1) is 30.8 Å². The minimum absolute atomic E-state index is 0.0951. The van der Waals surface area contributed by atoms with E-state index in [0.717, 1.165) is 5.56 Å². The second-order valence-electron chi connectivity index (χ2n) is 9.70. The maximum Gasteiger partial charge on any atom is 0.264 e. The maximum atomic E-state index is 13.8. The van der Waals surface area contributed by atoms with E-state index in [1.165, 1.54) is 23.5 Å². The molecule has 4 rings (SSSR count). The second kappa shape index (κ2) is 10.7. The van der Waals surface area contributed by atoms with Crippen molar-refractivity contribution in [3.8, 4) is 17.2 Å². The van der Waals surface area contributed by atoms with E-state index < -0.39 is 22.0 Å². The quantitative estimate of drug-likeness (QED) is 0.445. The fraction of sp³-hybridized carbons (Fsp3) is 0.321. The lowest BCUT2D eigenvalue weighted by Gasteiger charge is -2.36. The lowest BCUT2D eigenvalue weighted by atomic mass is 9.86. The maximum absolute atomic E-state index is 13.8. The normalized spacial score (nSPS) is 15.4. The molecule has 8 nitrogen and oxygen atoms in total. The van der Waals surface area contributed by atoms with Gasteiger partial charge in [-0.15, -0.1) is 0 Å². The summed E-state index contributed by atoms with van der Waals surface area (Å²) in [6.07, 6.45) is -1.03. The summed E-state index contributed by atoms with van der Waals surface area (Å²) in [5.41, 5.74) is 1.14. The Kier molecular flexibility index (Phi) is 7.63. The van der Waals surface area contributed by atoms with Gasteiger partial charge in [-0.2, -0.15) is 0 Å². The summed E-state index contributed by atoms with van der Waals surface area (Å²) >= 11 is 0. The molecule has 0 fully saturated rings. The number of nitrogens with zero attached hydrogens (tertiary/aromatic N) is 1. The molecule has 1 N–H and O–H groups in total. The van der Waals surface area contributed by atoms with Crippen molar-refractivity contribution in [1.29, 1.82) is 0 Å². The summed E-state index contributed by atoms with van der Waals surface area (Å²) in [6.45, 7) is 6.49. The van der Waals surface area contributed by atoms with Crippen molar-refractivity contribution in [2.75, 3.05) is 31.1 Å². The van der Waals surface area contributed by atoms with Crippen LogP contribution in [0.5, 0.6) is 17.2 Å². The van der Waals surface area contributed by atoms with Crippen LogP contribution < -0.4 is 23.8 Å². The van der Waals surface area contributed by atoms with Crippen molar-refractivity contribution in [3.05, 3.63) is 78.4 Å². The Morgan fingerprint density at radius 3 is 2.38 bits per heavy atom. The third-order valence-corrected chi connectivity index (χ3v) is 7.84. The van der Waals surface area contributed by atoms with Gasteiger partial charge in [-0.05, 0) is 59.5 Å². The van der Waals surface area contributed by atoms with E-state index in [4.69, 9.17) is 14.2 Å². The van der Waals surface area contributed by atoms with Gasteiger partial charge in [0.2, 0.25) is 0 Å². The Bertz CT molecular complexity index is 1340. The third kappa shape index (κ3) is 5.99. The number of benzene rings is 3. The number of methoxy groups -OCH3 is 1. The predicted octanol–water partition coefficient (Wildman–Crippen LogP) is 4.14. The number of fused-ring (bicyclic) bond motifs is 1. The minimum Gasteiger partial charge on any atom is -0.497 e. The molecule has 0 saturated carbocycles. The third-order valence-electron chi connectivity index (χ3n) is 6.05. The van der Waals surface area contributed by atoms with E-state index in [1.807, 2.05) is 42.5 Å². The smallest absolute Gasteiger partial charge is 0.264 e. The van der Waals surface area contributed by atoms with Crippen molar-refractivity contribution >= 4 is 21.6 Å². The summed E-state index contributed by atoms with van der Waals surface area (Å²) in [7, 11) is -2.48. The molecule has 0 bridgehead atoms. The van der Waals surface area contributed by atoms with Crippen LogP contribution in [0.25, 0.3) is 0 Å². The van der Waals surface area contributed by atoms with Crippen LogP contribution in [-0.4, -0.2) is 47.2 Å². The van der Waals surface area contributed by atoms with Crippen LogP contribution in [0.15, 0.2) is 77.7 Å². The van der Waals surface area contributed by atoms with Crippen LogP contribution in [0.1, 0.15) is 26.3 Å². The van der Waals surface area contributed by atoms with E-state index in [2.05, 4.69) is 26.1 Å². The van der Waals surface area contributed by atoms with Crippen molar-refractivity contribution in [1.82, 2.24) is 5.32 Å². The van der Waals surface area contributed by atoms with E-state index in [-0.39, 0.29) is 30.0 Å². The van der Waals surface area contributed by atoms with E-state index in [0.29, 0.717) is 22.9 Å². The number of carbonyl (C=O) groups is 1. The molecule has 0 saturated heterocycles. The van der Waals surface area contributed by atoms with E-state index >= 15 is 0 Å². The highest BCUT2D eigenvalue weighted by Gasteiger charge is 2.38. The molecule has 1 heterocycles. The molecule has 3 aromatic rings. The highest BCUT2D eigenvalue weighted by Crippen LogP contribution is 2.40. The highest BCUT2D eigenvalue weighted by atomic mass is 32.2. The van der Waals surface area contributed by atoms with E-state index in [1.54, 1.807) is 18.2 Å². The van der Waals surface area contributed by atoms with Gasteiger partial charge in [0, 0.05) is 0 Å². The first-order valence-electron chi connectivity index (χ1n) is 12.0. The Morgan fingerprint density at radius 2 is 1.73 bits per heavy atom. The van der Waals surface area contributed by atoms with Crippen LogP contribution >= 0.6 is 0 Å². The van der Waals surface area contributed by atoms with Gasteiger partial charge in [-0.3, -0.25) is 9.10 Å². The summed E-state index contributed by atoms with van der Waals surface area (Å²) in [5, 5.41) is 2.79. The zero-order valence-electron chi connectivity index (χ0n) is 21.4. The van der Waals surface area contributed by atoms with Crippen molar-refractivity contribution < 1.29 is 27.4 Å². The average Bonchev–Trinajstić information content (AvgIpc) is 2.90. The number of amides is 1. The summed E-state index contributed by atoms with van der Waals surface area (Å²) in [5.74, 6) is 1.16. The van der Waals surface area contributed by atoms with Gasteiger partial charge in [-0.25, -0.2) is 8.42 Å². The van der Waals surface area contributed by atoms with Gasteiger partial charge in [0.25, 0.3) is 15.9 Å². The molecular formula is C28H32N2O6S. The number of anilines is 1. The molecule has 196 valence electrons. The number of hydrogen-bond acceptors (Lipinski definition) is 6. The Hall–Kier alpha value is -3.72. The zero-order valence-corrected chi connectivity index (χ0v) is 22.2. The molecule has 9 heteroatoms. The first kappa shape index (κ1) is 26.3. The number of para-hydroxylation sites is 1. The molecule has 0 aliphatic carbocycles. The zero-order chi connectivity index (χ0) is 26.6. The standard InChI is InChI=1S/C28H32N2O6S/c1-28(2,3)20-10-15-25-24(18-20)30(37(32,33)23-13-11-21(34-4)12-14-23)19-26(36-25)27(31)29-16-17-35-22-8-6-5-7-9-22/h5-15,18,26H,16-17,19H2,1-4H3,(H,29,31)/t26-/m0/s1. The number of sulfonamides is 1. The predicted molar refractivity (Wildman–Crippen MR) is 142 cm³/mol. The molecule has 0 unspecified atom stereocenters. The Labute approximate surface area is 218 Å². The fourth-order valence-corrected chi connectivity index (χ4v) is 5.40. The number of hydrogen-bond donors (Lipinski definition) is 1. The van der Waals surface area contributed by atoms with Crippen molar-refractivity contribution in [3.63, 3.8) is 0 Å². The minimum atomic E-state index is -4.00. The van der Waals surface area contributed by atoms with Crippen LogP contribution in [-0.2, 0) is 20.2 Å². The average molecular weight is 525 g/mol. The van der Waals surface area contributed by atoms with Gasteiger partial charge in [0.15, 0.2) is 6.10 Å². The molecule has 1 amide bonds. The molecule has 37 heavy (non-hydrogen) atoms. The first-order chi connectivity index (χ1) is 17.6. The Morgan fingerprint density at radius 1 is 1.03 bits per heavy atom. The molecule has 0 radical (unpaired) electrons. The molecule has 0 spiro atoms. The highest BCUT2D eigenvalue weighted by molar-refractivity contribution is 7.92.